The standard InChI is InChI=1S/C18H19FN2O5/c1-26-17-14-11(6-13(19)15(17)20-5-4-10(22)7-20)16(23)12(18(24)25)8-21(14)9-2-3-9/h6,8-10,22H,2-5,7H2,1H3,(H,24,25). The number of carboxylic acids is 1. The van der Waals surface area contributed by atoms with Crippen LogP contribution in [0.25, 0.3) is 10.9 Å². The molecule has 2 aromatic rings. The van der Waals surface area contributed by atoms with Crippen LogP contribution in [0.5, 0.6) is 5.75 Å². The maximum Gasteiger partial charge on any atom is 0.341 e. The number of nitrogens with zero attached hydrogens (tertiary/aromatic N) is 2. The minimum Gasteiger partial charge on any atom is -0.492 e. The van der Waals surface area contributed by atoms with Crippen molar-refractivity contribution in [2.75, 3.05) is 25.1 Å². The number of aromatic nitrogens is 1. The second-order valence-electron chi connectivity index (χ2n) is 6.84. The molecule has 2 aliphatic rings. The summed E-state index contributed by atoms with van der Waals surface area (Å²) in [5, 5.41) is 19.1. The van der Waals surface area contributed by atoms with Crippen molar-refractivity contribution < 1.29 is 24.1 Å². The summed E-state index contributed by atoms with van der Waals surface area (Å²) in [6.07, 6.45) is 3.02. The smallest absolute Gasteiger partial charge is 0.341 e. The van der Waals surface area contributed by atoms with E-state index in [2.05, 4.69) is 0 Å². The molecule has 1 saturated carbocycles. The third kappa shape index (κ3) is 2.52. The van der Waals surface area contributed by atoms with Gasteiger partial charge in [-0.05, 0) is 25.3 Å². The fourth-order valence-electron chi connectivity index (χ4n) is 3.67. The first-order valence-electron chi connectivity index (χ1n) is 8.54. The van der Waals surface area contributed by atoms with E-state index in [0.29, 0.717) is 18.5 Å². The van der Waals surface area contributed by atoms with Crippen molar-refractivity contribution in [3.8, 4) is 5.75 Å². The first kappa shape index (κ1) is 16.8. The molecule has 1 saturated heterocycles. The Morgan fingerprint density at radius 1 is 1.35 bits per heavy atom. The SMILES string of the molecule is COc1c(N2CCC(O)C2)c(F)cc2c(=O)c(C(=O)O)cn(C3CC3)c12. The van der Waals surface area contributed by atoms with Crippen LogP contribution >= 0.6 is 0 Å². The molecule has 1 aromatic carbocycles. The van der Waals surface area contributed by atoms with Gasteiger partial charge in [-0.1, -0.05) is 0 Å². The minimum atomic E-state index is -1.34. The highest BCUT2D eigenvalue weighted by atomic mass is 19.1. The van der Waals surface area contributed by atoms with E-state index in [9.17, 15) is 24.2 Å². The lowest BCUT2D eigenvalue weighted by atomic mass is 10.1. The van der Waals surface area contributed by atoms with E-state index < -0.39 is 23.3 Å². The largest absolute Gasteiger partial charge is 0.492 e. The zero-order chi connectivity index (χ0) is 18.6. The van der Waals surface area contributed by atoms with Gasteiger partial charge in [0.25, 0.3) is 0 Å². The Bertz CT molecular complexity index is 966. The second kappa shape index (κ2) is 5.98. The van der Waals surface area contributed by atoms with Crippen LogP contribution in [-0.2, 0) is 0 Å². The van der Waals surface area contributed by atoms with Gasteiger partial charge in [0.05, 0.1) is 24.1 Å². The number of rotatable bonds is 4. The first-order valence-corrected chi connectivity index (χ1v) is 8.54. The Morgan fingerprint density at radius 2 is 2.08 bits per heavy atom. The summed E-state index contributed by atoms with van der Waals surface area (Å²) in [5.74, 6) is -1.79. The summed E-state index contributed by atoms with van der Waals surface area (Å²) in [6, 6.07) is 1.15. The average Bonchev–Trinajstić information content (AvgIpc) is 3.35. The molecule has 8 heteroatoms. The lowest BCUT2D eigenvalue weighted by molar-refractivity contribution is 0.0694. The van der Waals surface area contributed by atoms with Crippen molar-refractivity contribution in [3.63, 3.8) is 0 Å². The van der Waals surface area contributed by atoms with Gasteiger partial charge in [0.2, 0.25) is 5.43 Å². The first-order chi connectivity index (χ1) is 12.4. The maximum atomic E-state index is 14.9. The third-order valence-electron chi connectivity index (χ3n) is 5.05. The fourth-order valence-corrected chi connectivity index (χ4v) is 3.67. The van der Waals surface area contributed by atoms with Gasteiger partial charge in [0.15, 0.2) is 11.6 Å². The number of hydrogen-bond acceptors (Lipinski definition) is 5. The molecule has 2 N–H and O–H groups in total. The zero-order valence-electron chi connectivity index (χ0n) is 14.2. The van der Waals surface area contributed by atoms with Crippen LogP contribution in [0, 0.1) is 5.82 Å². The number of β-amino-alcohol motifs (C(OH)–C–C–N with tert-alkyl or cyclic N) is 1. The van der Waals surface area contributed by atoms with Crippen molar-refractivity contribution in [2.45, 2.75) is 31.4 Å². The second-order valence-corrected chi connectivity index (χ2v) is 6.84. The van der Waals surface area contributed by atoms with Gasteiger partial charge < -0.3 is 24.4 Å². The highest BCUT2D eigenvalue weighted by Gasteiger charge is 2.32. The van der Waals surface area contributed by atoms with E-state index in [4.69, 9.17) is 4.74 Å². The van der Waals surface area contributed by atoms with E-state index in [1.807, 2.05) is 0 Å². The molecule has 1 aliphatic heterocycles. The fraction of sp³-hybridized carbons (Fsp3) is 0.444. The predicted molar refractivity (Wildman–Crippen MR) is 92.8 cm³/mol. The Kier molecular flexibility index (Phi) is 3.87. The molecule has 2 fully saturated rings. The molecule has 0 spiro atoms. The Balaban J connectivity index is 2.06. The average molecular weight is 362 g/mol. The highest BCUT2D eigenvalue weighted by molar-refractivity contribution is 5.97. The molecule has 1 aliphatic carbocycles. The van der Waals surface area contributed by atoms with Gasteiger partial charge >= 0.3 is 5.97 Å². The third-order valence-corrected chi connectivity index (χ3v) is 5.05. The van der Waals surface area contributed by atoms with Crippen molar-refractivity contribution in [2.24, 2.45) is 0 Å². The number of anilines is 1. The molecular weight excluding hydrogens is 343 g/mol. The molecule has 1 aromatic heterocycles. The number of aliphatic hydroxyl groups excluding tert-OH is 1. The predicted octanol–water partition coefficient (Wildman–Crippen LogP) is 1.75. The molecule has 4 rings (SSSR count). The number of carboxylic acid groups (broad SMARTS) is 1. The van der Waals surface area contributed by atoms with Gasteiger partial charge in [-0.25, -0.2) is 9.18 Å². The molecule has 26 heavy (non-hydrogen) atoms. The number of aromatic carboxylic acids is 1. The van der Waals surface area contributed by atoms with Crippen molar-refractivity contribution >= 4 is 22.6 Å². The number of fused-ring (bicyclic) bond motifs is 1. The lowest BCUT2D eigenvalue weighted by Gasteiger charge is -2.24. The highest BCUT2D eigenvalue weighted by Crippen LogP contribution is 2.44. The molecule has 138 valence electrons. The number of aliphatic hydroxyl groups is 1. The summed E-state index contributed by atoms with van der Waals surface area (Å²) in [6.45, 7) is 0.750. The van der Waals surface area contributed by atoms with E-state index in [1.54, 1.807) is 9.47 Å². The quantitative estimate of drug-likeness (QED) is 0.861. The summed E-state index contributed by atoms with van der Waals surface area (Å²) >= 11 is 0. The summed E-state index contributed by atoms with van der Waals surface area (Å²) in [7, 11) is 1.40. The summed E-state index contributed by atoms with van der Waals surface area (Å²) in [4.78, 5) is 25.7. The number of methoxy groups -OCH3 is 1. The molecule has 2 heterocycles. The number of benzene rings is 1. The van der Waals surface area contributed by atoms with Crippen LogP contribution in [0.1, 0.15) is 35.7 Å². The van der Waals surface area contributed by atoms with Crippen LogP contribution < -0.4 is 15.1 Å². The van der Waals surface area contributed by atoms with Crippen LogP contribution in [0.3, 0.4) is 0 Å². The summed E-state index contributed by atoms with van der Waals surface area (Å²) in [5.41, 5.74) is -0.499. The zero-order valence-corrected chi connectivity index (χ0v) is 14.2. The maximum absolute atomic E-state index is 14.9. The number of carbonyl (C=O) groups is 1. The van der Waals surface area contributed by atoms with Gasteiger partial charge in [0, 0.05) is 25.3 Å². The van der Waals surface area contributed by atoms with Crippen molar-refractivity contribution in [1.29, 1.82) is 0 Å². The molecule has 7 nitrogen and oxygen atoms in total. The topological polar surface area (TPSA) is 92.0 Å². The number of hydrogen-bond donors (Lipinski definition) is 2. The molecule has 1 atom stereocenters. The minimum absolute atomic E-state index is 0.00496. The Hall–Kier alpha value is -2.61. The van der Waals surface area contributed by atoms with Gasteiger partial charge in [-0.2, -0.15) is 0 Å². The monoisotopic (exact) mass is 362 g/mol. The van der Waals surface area contributed by atoms with E-state index in [1.165, 1.54) is 13.3 Å². The Labute approximate surface area is 148 Å². The van der Waals surface area contributed by atoms with Crippen molar-refractivity contribution in [3.05, 3.63) is 33.9 Å². The van der Waals surface area contributed by atoms with Gasteiger partial charge in [-0.3, -0.25) is 4.79 Å². The van der Waals surface area contributed by atoms with Crippen LogP contribution in [0.4, 0.5) is 10.1 Å². The molecule has 0 bridgehead atoms. The van der Waals surface area contributed by atoms with Crippen molar-refractivity contribution in [1.82, 2.24) is 4.57 Å². The van der Waals surface area contributed by atoms with Crippen LogP contribution in [0.2, 0.25) is 0 Å². The van der Waals surface area contributed by atoms with E-state index in [-0.39, 0.29) is 35.0 Å². The van der Waals surface area contributed by atoms with E-state index in [0.717, 1.165) is 18.9 Å². The molecular formula is C18H19FN2O5. The lowest BCUT2D eigenvalue weighted by Crippen LogP contribution is -2.25. The van der Waals surface area contributed by atoms with Crippen LogP contribution in [-0.4, -0.2) is 47.1 Å². The Morgan fingerprint density at radius 3 is 2.62 bits per heavy atom. The summed E-state index contributed by atoms with van der Waals surface area (Å²) < 4.78 is 22.1. The van der Waals surface area contributed by atoms with Crippen LogP contribution in [0.15, 0.2) is 17.1 Å². The normalized spacial score (nSPS) is 20.0. The molecule has 0 radical (unpaired) electrons. The van der Waals surface area contributed by atoms with Gasteiger partial charge in [-0.15, -0.1) is 0 Å². The van der Waals surface area contributed by atoms with Gasteiger partial charge in [0.1, 0.15) is 11.3 Å². The number of halogens is 1. The molecule has 0 amide bonds. The number of ether oxygens (including phenoxy) is 1. The van der Waals surface area contributed by atoms with E-state index >= 15 is 0 Å². The number of pyridine rings is 1. The molecule has 1 unspecified atom stereocenters.